The molecule has 1 aromatic rings. The summed E-state index contributed by atoms with van der Waals surface area (Å²) in [5, 5.41) is 0.540. The molecular weight excluding hydrogens is 355 g/mol. The number of piperidine rings is 1. The van der Waals surface area contributed by atoms with Gasteiger partial charge in [-0.15, -0.1) is 0 Å². The van der Waals surface area contributed by atoms with Crippen LogP contribution in [0.3, 0.4) is 0 Å². The molecular formula is C16H24Cl2N2O2S. The molecule has 1 aromatic carbocycles. The standard InChI is InChI=1S/C16H24Cl2N2O2S/c1-2-14-6-3-4-10-20(14)11-5-9-19-23(21,22)16-12-13(17)7-8-15(16)18/h7-8,12,14,19H,2-6,9-11H2,1H3. The molecule has 1 heterocycles. The van der Waals surface area contributed by atoms with E-state index in [0.29, 0.717) is 17.6 Å². The van der Waals surface area contributed by atoms with E-state index in [0.717, 1.165) is 25.9 Å². The van der Waals surface area contributed by atoms with E-state index >= 15 is 0 Å². The fourth-order valence-electron chi connectivity index (χ4n) is 3.07. The Hall–Kier alpha value is -0.330. The fourth-order valence-corrected chi connectivity index (χ4v) is 4.90. The van der Waals surface area contributed by atoms with E-state index in [9.17, 15) is 8.42 Å². The highest BCUT2D eigenvalue weighted by molar-refractivity contribution is 7.89. The summed E-state index contributed by atoms with van der Waals surface area (Å²) in [4.78, 5) is 2.51. The quantitative estimate of drug-likeness (QED) is 0.731. The van der Waals surface area contributed by atoms with E-state index in [2.05, 4.69) is 16.5 Å². The average Bonchev–Trinajstić information content (AvgIpc) is 2.54. The third-order valence-corrected chi connectivity index (χ3v) is 6.49. The van der Waals surface area contributed by atoms with Gasteiger partial charge in [0.1, 0.15) is 4.90 Å². The number of hydrogen-bond acceptors (Lipinski definition) is 3. The highest BCUT2D eigenvalue weighted by Gasteiger charge is 2.21. The number of rotatable bonds is 7. The van der Waals surface area contributed by atoms with Crippen LogP contribution in [-0.4, -0.2) is 39.0 Å². The zero-order valence-electron chi connectivity index (χ0n) is 13.4. The summed E-state index contributed by atoms with van der Waals surface area (Å²) in [5.41, 5.74) is 0. The molecule has 1 aliphatic rings. The van der Waals surface area contributed by atoms with E-state index in [1.54, 1.807) is 6.07 Å². The summed E-state index contributed by atoms with van der Waals surface area (Å²) >= 11 is 11.8. The van der Waals surface area contributed by atoms with Crippen LogP contribution < -0.4 is 4.72 Å². The fraction of sp³-hybridized carbons (Fsp3) is 0.625. The number of benzene rings is 1. The third kappa shape index (κ3) is 5.33. The maximum absolute atomic E-state index is 12.3. The molecule has 0 saturated carbocycles. The molecule has 1 saturated heterocycles. The number of sulfonamides is 1. The zero-order chi connectivity index (χ0) is 16.9. The van der Waals surface area contributed by atoms with Gasteiger partial charge in [-0.25, -0.2) is 13.1 Å². The van der Waals surface area contributed by atoms with Crippen molar-refractivity contribution in [2.45, 2.75) is 50.0 Å². The summed E-state index contributed by atoms with van der Waals surface area (Å²) in [6, 6.07) is 5.09. The molecule has 2 rings (SSSR count). The van der Waals surface area contributed by atoms with Gasteiger partial charge in [0.05, 0.1) is 5.02 Å². The number of likely N-dealkylation sites (tertiary alicyclic amines) is 1. The highest BCUT2D eigenvalue weighted by Crippen LogP contribution is 2.25. The maximum atomic E-state index is 12.3. The van der Waals surface area contributed by atoms with Gasteiger partial charge in [-0.3, -0.25) is 0 Å². The molecule has 1 unspecified atom stereocenters. The van der Waals surface area contributed by atoms with Gasteiger partial charge < -0.3 is 4.90 Å². The molecule has 23 heavy (non-hydrogen) atoms. The lowest BCUT2D eigenvalue weighted by molar-refractivity contribution is 0.143. The second-order valence-electron chi connectivity index (χ2n) is 5.92. The SMILES string of the molecule is CCC1CCCCN1CCCNS(=O)(=O)c1cc(Cl)ccc1Cl. The molecule has 0 radical (unpaired) electrons. The summed E-state index contributed by atoms with van der Waals surface area (Å²) in [6.45, 7) is 4.65. The normalized spacial score (nSPS) is 19.9. The predicted octanol–water partition coefficient (Wildman–Crippen LogP) is 3.93. The van der Waals surface area contributed by atoms with Gasteiger partial charge in [0, 0.05) is 17.6 Å². The Kier molecular flexibility index (Phi) is 7.17. The molecule has 4 nitrogen and oxygen atoms in total. The van der Waals surface area contributed by atoms with Crippen LogP contribution in [0.25, 0.3) is 0 Å². The van der Waals surface area contributed by atoms with Gasteiger partial charge in [-0.05, 0) is 57.0 Å². The van der Waals surface area contributed by atoms with Crippen molar-refractivity contribution < 1.29 is 8.42 Å². The highest BCUT2D eigenvalue weighted by atomic mass is 35.5. The Labute approximate surface area is 149 Å². The Balaban J connectivity index is 1.86. The Morgan fingerprint density at radius 1 is 1.30 bits per heavy atom. The van der Waals surface area contributed by atoms with Crippen molar-refractivity contribution in [3.63, 3.8) is 0 Å². The first-order valence-corrected chi connectivity index (χ1v) is 10.4. The number of halogens is 2. The average molecular weight is 379 g/mol. The van der Waals surface area contributed by atoms with Crippen LogP contribution in [0.15, 0.2) is 23.1 Å². The van der Waals surface area contributed by atoms with Crippen LogP contribution >= 0.6 is 23.2 Å². The van der Waals surface area contributed by atoms with Gasteiger partial charge in [0.15, 0.2) is 0 Å². The van der Waals surface area contributed by atoms with Crippen LogP contribution in [0.4, 0.5) is 0 Å². The van der Waals surface area contributed by atoms with Crippen molar-refractivity contribution in [1.29, 1.82) is 0 Å². The number of nitrogens with one attached hydrogen (secondary N) is 1. The van der Waals surface area contributed by atoms with Gasteiger partial charge in [-0.1, -0.05) is 36.5 Å². The predicted molar refractivity (Wildman–Crippen MR) is 95.8 cm³/mol. The van der Waals surface area contributed by atoms with Crippen molar-refractivity contribution in [1.82, 2.24) is 9.62 Å². The summed E-state index contributed by atoms with van der Waals surface area (Å²) in [5.74, 6) is 0. The van der Waals surface area contributed by atoms with Crippen molar-refractivity contribution >= 4 is 33.2 Å². The molecule has 0 aliphatic carbocycles. The minimum atomic E-state index is -3.62. The minimum Gasteiger partial charge on any atom is -0.300 e. The van der Waals surface area contributed by atoms with Crippen LogP contribution in [-0.2, 0) is 10.0 Å². The van der Waals surface area contributed by atoms with E-state index in [-0.39, 0.29) is 9.92 Å². The van der Waals surface area contributed by atoms with E-state index in [1.807, 2.05) is 0 Å². The lowest BCUT2D eigenvalue weighted by Gasteiger charge is -2.35. The Morgan fingerprint density at radius 3 is 2.83 bits per heavy atom. The molecule has 1 N–H and O–H groups in total. The first kappa shape index (κ1) is 19.0. The van der Waals surface area contributed by atoms with Crippen LogP contribution in [0.5, 0.6) is 0 Å². The first-order valence-electron chi connectivity index (χ1n) is 8.13. The lowest BCUT2D eigenvalue weighted by atomic mass is 10.00. The van der Waals surface area contributed by atoms with Gasteiger partial charge in [-0.2, -0.15) is 0 Å². The van der Waals surface area contributed by atoms with Crippen LogP contribution in [0, 0.1) is 0 Å². The molecule has 130 valence electrons. The summed E-state index contributed by atoms with van der Waals surface area (Å²) in [6.07, 6.45) is 5.73. The largest absolute Gasteiger partial charge is 0.300 e. The molecule has 0 amide bonds. The van der Waals surface area contributed by atoms with Crippen LogP contribution in [0.1, 0.15) is 39.0 Å². The Morgan fingerprint density at radius 2 is 2.09 bits per heavy atom. The maximum Gasteiger partial charge on any atom is 0.242 e. The molecule has 1 aliphatic heterocycles. The minimum absolute atomic E-state index is 0.0380. The molecule has 0 spiro atoms. The molecule has 0 bridgehead atoms. The van der Waals surface area contributed by atoms with Crippen molar-refractivity contribution in [3.05, 3.63) is 28.2 Å². The second kappa shape index (κ2) is 8.67. The van der Waals surface area contributed by atoms with Gasteiger partial charge in [0.25, 0.3) is 0 Å². The van der Waals surface area contributed by atoms with Crippen molar-refractivity contribution in [3.8, 4) is 0 Å². The smallest absolute Gasteiger partial charge is 0.242 e. The van der Waals surface area contributed by atoms with Crippen molar-refractivity contribution in [2.24, 2.45) is 0 Å². The molecule has 1 fully saturated rings. The van der Waals surface area contributed by atoms with Gasteiger partial charge in [0.2, 0.25) is 10.0 Å². The second-order valence-corrected chi connectivity index (χ2v) is 8.50. The molecule has 7 heteroatoms. The number of nitrogens with zero attached hydrogens (tertiary/aromatic N) is 1. The topological polar surface area (TPSA) is 49.4 Å². The molecule has 1 atom stereocenters. The van der Waals surface area contributed by atoms with Gasteiger partial charge >= 0.3 is 0 Å². The zero-order valence-corrected chi connectivity index (χ0v) is 15.7. The van der Waals surface area contributed by atoms with Crippen molar-refractivity contribution in [2.75, 3.05) is 19.6 Å². The lowest BCUT2D eigenvalue weighted by Crippen LogP contribution is -2.40. The van der Waals surface area contributed by atoms with Crippen LogP contribution in [0.2, 0.25) is 10.0 Å². The summed E-state index contributed by atoms with van der Waals surface area (Å²) in [7, 11) is -3.62. The molecule has 0 aromatic heterocycles. The third-order valence-electron chi connectivity index (χ3n) is 4.32. The van der Waals surface area contributed by atoms with E-state index in [1.165, 1.54) is 31.4 Å². The van der Waals surface area contributed by atoms with E-state index in [4.69, 9.17) is 23.2 Å². The summed E-state index contributed by atoms with van der Waals surface area (Å²) < 4.78 is 27.2. The number of hydrogen-bond donors (Lipinski definition) is 1. The monoisotopic (exact) mass is 378 g/mol. The van der Waals surface area contributed by atoms with E-state index < -0.39 is 10.0 Å². The Bertz CT molecular complexity index is 623. The first-order chi connectivity index (χ1) is 10.9.